The molecule has 0 saturated heterocycles. The van der Waals surface area contributed by atoms with Crippen molar-refractivity contribution < 1.29 is 35.5 Å². The van der Waals surface area contributed by atoms with E-state index in [0.717, 1.165) is 30.4 Å². The van der Waals surface area contributed by atoms with Crippen molar-refractivity contribution >= 4 is 21.8 Å². The molecule has 0 fully saturated rings. The second-order valence-electron chi connectivity index (χ2n) is 5.78. The van der Waals surface area contributed by atoms with E-state index in [2.05, 4.69) is 0 Å². The quantitative estimate of drug-likeness (QED) is 0.241. The van der Waals surface area contributed by atoms with Gasteiger partial charge in [0.2, 0.25) is 0 Å². The topological polar surface area (TPSA) is 122 Å². The van der Waals surface area contributed by atoms with Crippen LogP contribution in [0, 0.1) is 24.1 Å². The third kappa shape index (κ3) is 4.76. The molecule has 0 spiro atoms. The van der Waals surface area contributed by atoms with Crippen molar-refractivity contribution in [2.24, 2.45) is 5.84 Å². The molecule has 0 aliphatic carbocycles. The van der Waals surface area contributed by atoms with E-state index < -0.39 is 37.5 Å². The lowest BCUT2D eigenvalue weighted by atomic mass is 10.1. The van der Waals surface area contributed by atoms with Gasteiger partial charge < -0.3 is 4.74 Å². The molecule has 0 bridgehead atoms. The highest BCUT2D eigenvalue weighted by atomic mass is 32.2. The van der Waals surface area contributed by atoms with E-state index in [1.807, 2.05) is 0 Å². The second kappa shape index (κ2) is 8.52. The number of hydrogen-bond donors (Lipinski definition) is 2. The van der Waals surface area contributed by atoms with Crippen LogP contribution in [-0.2, 0) is 14.6 Å². The molecule has 0 saturated carbocycles. The molecule has 2 aromatic rings. The monoisotopic (exact) mass is 443 g/mol. The number of carbonyl (C=O) groups excluding carboxylic acids is 1. The van der Waals surface area contributed by atoms with E-state index in [0.29, 0.717) is 6.07 Å². The number of nitrogens with one attached hydrogen (secondary N) is 1. The zero-order valence-electron chi connectivity index (χ0n) is 15.1. The van der Waals surface area contributed by atoms with Crippen molar-refractivity contribution in [3.05, 3.63) is 58.9 Å². The number of rotatable bonds is 5. The number of amides is 1. The first-order chi connectivity index (χ1) is 13.9. The fourth-order valence-electron chi connectivity index (χ4n) is 2.38. The fourth-order valence-corrected chi connectivity index (χ4v) is 3.39. The summed E-state index contributed by atoms with van der Waals surface area (Å²) in [6.07, 6.45) is 1.56. The zero-order chi connectivity index (χ0) is 22.7. The van der Waals surface area contributed by atoms with E-state index in [-0.39, 0.29) is 22.6 Å². The number of nitrogens with two attached hydrogens (primary N) is 1. The Morgan fingerprint density at radius 3 is 2.50 bits per heavy atom. The summed E-state index contributed by atoms with van der Waals surface area (Å²) in [6.45, 7) is 1.25. The number of hydrazine groups is 1. The first kappa shape index (κ1) is 22.9. The smallest absolute Gasteiger partial charge is 0.457 e. The van der Waals surface area contributed by atoms with Gasteiger partial charge in [-0.3, -0.25) is 10.2 Å². The van der Waals surface area contributed by atoms with E-state index in [1.165, 1.54) is 13.0 Å². The molecule has 158 valence electrons. The van der Waals surface area contributed by atoms with Crippen LogP contribution in [0.3, 0.4) is 0 Å². The summed E-state index contributed by atoms with van der Waals surface area (Å²) in [5, 5.41) is 8.90. The van der Waals surface area contributed by atoms with Crippen LogP contribution in [-0.4, -0.2) is 19.8 Å². The number of nitrogens with zero attached hydrogens (tertiary/aromatic N) is 1. The molecule has 12 heteroatoms. The van der Waals surface area contributed by atoms with Crippen molar-refractivity contribution in [2.75, 3.05) is 0 Å². The minimum Gasteiger partial charge on any atom is -0.457 e. The standard InChI is InChI=1S/C18H13F4N3O4S/c1-10-14(2-5-17(26)25-24)16(30(27,28)18(20,21)22)4-3-15(10)29-13-7-11(9-23)6-12(19)8-13/h2-8H,24H2,1H3,(H,25,26). The van der Waals surface area contributed by atoms with Crippen molar-refractivity contribution in [3.8, 4) is 17.6 Å². The van der Waals surface area contributed by atoms with E-state index in [9.17, 15) is 30.8 Å². The van der Waals surface area contributed by atoms with E-state index in [1.54, 1.807) is 11.5 Å². The van der Waals surface area contributed by atoms with Gasteiger partial charge in [-0.05, 0) is 37.3 Å². The number of carbonyl (C=O) groups is 1. The molecular formula is C18H13F4N3O4S. The van der Waals surface area contributed by atoms with Gasteiger partial charge in [-0.2, -0.15) is 18.4 Å². The number of halogens is 4. The molecular weight excluding hydrogens is 430 g/mol. The molecule has 0 radical (unpaired) electrons. The van der Waals surface area contributed by atoms with Crippen LogP contribution in [0.25, 0.3) is 6.08 Å². The normalized spacial score (nSPS) is 11.9. The van der Waals surface area contributed by atoms with Crippen molar-refractivity contribution in [1.82, 2.24) is 5.43 Å². The van der Waals surface area contributed by atoms with Gasteiger partial charge in [0.1, 0.15) is 17.3 Å². The SMILES string of the molecule is Cc1c(Oc2cc(F)cc(C#N)c2)ccc(S(=O)(=O)C(F)(F)F)c1C=CC(=O)NN. The lowest BCUT2D eigenvalue weighted by molar-refractivity contribution is -0.116. The maximum absolute atomic E-state index is 13.6. The number of sulfone groups is 1. The molecule has 0 aromatic heterocycles. The summed E-state index contributed by atoms with van der Waals surface area (Å²) in [5.74, 6) is 2.94. The van der Waals surface area contributed by atoms with Gasteiger partial charge in [0, 0.05) is 23.3 Å². The lowest BCUT2D eigenvalue weighted by Gasteiger charge is -2.16. The summed E-state index contributed by atoms with van der Waals surface area (Å²) in [5.41, 5.74) is -4.52. The third-order valence-electron chi connectivity index (χ3n) is 3.79. The number of hydrogen-bond acceptors (Lipinski definition) is 6. The predicted octanol–water partition coefficient (Wildman–Crippen LogP) is 3.09. The molecule has 30 heavy (non-hydrogen) atoms. The first-order valence-electron chi connectivity index (χ1n) is 7.93. The Hall–Kier alpha value is -3.43. The molecule has 0 aliphatic heterocycles. The minimum absolute atomic E-state index is 0.0707. The van der Waals surface area contributed by atoms with Crippen LogP contribution < -0.4 is 16.0 Å². The van der Waals surface area contributed by atoms with Crippen molar-refractivity contribution in [3.63, 3.8) is 0 Å². The number of benzene rings is 2. The Balaban J connectivity index is 2.66. The Bertz CT molecular complexity index is 1170. The molecule has 0 unspecified atom stereocenters. The van der Waals surface area contributed by atoms with Gasteiger partial charge in [0.25, 0.3) is 15.7 Å². The molecule has 7 nitrogen and oxygen atoms in total. The predicted molar refractivity (Wildman–Crippen MR) is 97.0 cm³/mol. The highest BCUT2D eigenvalue weighted by Gasteiger charge is 2.48. The van der Waals surface area contributed by atoms with Crippen LogP contribution in [0.2, 0.25) is 0 Å². The maximum Gasteiger partial charge on any atom is 0.501 e. The van der Waals surface area contributed by atoms with Crippen LogP contribution in [0.15, 0.2) is 41.3 Å². The van der Waals surface area contributed by atoms with Crippen LogP contribution in [0.1, 0.15) is 16.7 Å². The summed E-state index contributed by atoms with van der Waals surface area (Å²) in [4.78, 5) is 10.2. The number of ether oxygens (including phenoxy) is 1. The summed E-state index contributed by atoms with van der Waals surface area (Å²) in [6, 6.07) is 6.36. The molecule has 0 atom stereocenters. The van der Waals surface area contributed by atoms with Gasteiger partial charge in [-0.1, -0.05) is 0 Å². The molecule has 2 aromatic carbocycles. The van der Waals surface area contributed by atoms with Crippen molar-refractivity contribution in [1.29, 1.82) is 5.26 Å². The van der Waals surface area contributed by atoms with E-state index >= 15 is 0 Å². The lowest BCUT2D eigenvalue weighted by Crippen LogP contribution is -2.28. The highest BCUT2D eigenvalue weighted by Crippen LogP contribution is 2.38. The average Bonchev–Trinajstić information content (AvgIpc) is 2.66. The van der Waals surface area contributed by atoms with E-state index in [4.69, 9.17) is 15.8 Å². The summed E-state index contributed by atoms with van der Waals surface area (Å²) >= 11 is 0. The van der Waals surface area contributed by atoms with Gasteiger partial charge in [-0.25, -0.2) is 18.7 Å². The maximum atomic E-state index is 13.6. The number of nitriles is 1. The molecule has 0 aliphatic rings. The first-order valence-corrected chi connectivity index (χ1v) is 9.41. The van der Waals surface area contributed by atoms with Gasteiger partial charge in [-0.15, -0.1) is 0 Å². The second-order valence-corrected chi connectivity index (χ2v) is 7.69. The number of alkyl halides is 3. The Morgan fingerprint density at radius 1 is 1.27 bits per heavy atom. The summed E-state index contributed by atoms with van der Waals surface area (Å²) in [7, 11) is -5.76. The Labute approximate surface area is 168 Å². The summed E-state index contributed by atoms with van der Waals surface area (Å²) < 4.78 is 82.1. The highest BCUT2D eigenvalue weighted by molar-refractivity contribution is 7.92. The van der Waals surface area contributed by atoms with Crippen LogP contribution in [0.5, 0.6) is 11.5 Å². The van der Waals surface area contributed by atoms with Crippen molar-refractivity contribution in [2.45, 2.75) is 17.3 Å². The Kier molecular flexibility index (Phi) is 6.49. The van der Waals surface area contributed by atoms with Gasteiger partial charge in [0.05, 0.1) is 16.5 Å². The van der Waals surface area contributed by atoms with Crippen LogP contribution in [0.4, 0.5) is 17.6 Å². The Morgan fingerprint density at radius 2 is 1.93 bits per heavy atom. The molecule has 0 heterocycles. The largest absolute Gasteiger partial charge is 0.501 e. The van der Waals surface area contributed by atoms with Gasteiger partial charge >= 0.3 is 5.51 Å². The molecule has 1 amide bonds. The minimum atomic E-state index is -5.76. The third-order valence-corrected chi connectivity index (χ3v) is 5.34. The molecule has 2 rings (SSSR count). The van der Waals surface area contributed by atoms with Gasteiger partial charge in [0.15, 0.2) is 0 Å². The average molecular weight is 443 g/mol. The fraction of sp³-hybridized carbons (Fsp3) is 0.111. The van der Waals surface area contributed by atoms with Crippen LogP contribution >= 0.6 is 0 Å². The molecule has 3 N–H and O–H groups in total. The zero-order valence-corrected chi connectivity index (χ0v) is 15.9.